The zero-order valence-corrected chi connectivity index (χ0v) is 37.5. The second kappa shape index (κ2) is 23.4. The van der Waals surface area contributed by atoms with Crippen molar-refractivity contribution in [3.63, 3.8) is 0 Å². The molecule has 0 bridgehead atoms. The Hall–Kier alpha value is -4.61. The summed E-state index contributed by atoms with van der Waals surface area (Å²) in [5, 5.41) is 25.8. The first kappa shape index (κ1) is 49.8. The maximum atomic E-state index is 14.5. The van der Waals surface area contributed by atoms with Gasteiger partial charge in [-0.25, -0.2) is 0 Å². The smallest absolute Gasteiger partial charge is 0.254 e. The molecule has 0 spiro atoms. The number of nitrogens with zero attached hydrogens (tertiary/aromatic N) is 1. The first-order chi connectivity index (χ1) is 28.4. The van der Waals surface area contributed by atoms with Crippen molar-refractivity contribution in [3.05, 3.63) is 71.8 Å². The second-order valence-corrected chi connectivity index (χ2v) is 18.5. The third-order valence-electron chi connectivity index (χ3n) is 10.9. The zero-order chi connectivity index (χ0) is 44.7. The highest BCUT2D eigenvalue weighted by Gasteiger charge is 2.51. The van der Waals surface area contributed by atoms with Crippen molar-refractivity contribution in [1.29, 1.82) is 0 Å². The van der Waals surface area contributed by atoms with Crippen LogP contribution in [0.25, 0.3) is 0 Å². The number of aliphatic hydroxyl groups is 1. The summed E-state index contributed by atoms with van der Waals surface area (Å²) in [5.74, 6) is -4.59. The van der Waals surface area contributed by atoms with Crippen LogP contribution in [0.1, 0.15) is 84.9 Å². The van der Waals surface area contributed by atoms with Gasteiger partial charge in [0.2, 0.25) is 35.4 Å². The highest BCUT2D eigenvalue weighted by Crippen LogP contribution is 2.40. The lowest BCUT2D eigenvalue weighted by molar-refractivity contribution is -0.148. The highest BCUT2D eigenvalue weighted by atomic mass is 32.2. The second-order valence-electron chi connectivity index (χ2n) is 15.9. The summed E-state index contributed by atoms with van der Waals surface area (Å²) in [7, 11) is 0. The predicted octanol–water partition coefficient (Wildman–Crippen LogP) is 2.42. The van der Waals surface area contributed by atoms with E-state index >= 15 is 0 Å². The van der Waals surface area contributed by atoms with Gasteiger partial charge in [-0.05, 0) is 61.7 Å². The van der Waals surface area contributed by atoms with E-state index in [1.165, 1.54) is 35.3 Å². The molecule has 1 heterocycles. The summed E-state index contributed by atoms with van der Waals surface area (Å²) < 4.78 is -0.864. The fourth-order valence-corrected chi connectivity index (χ4v) is 8.55. The molecule has 15 nitrogen and oxygen atoms in total. The van der Waals surface area contributed by atoms with E-state index in [9.17, 15) is 38.7 Å². The van der Waals surface area contributed by atoms with Crippen molar-refractivity contribution < 1.29 is 38.7 Å². The molecule has 0 radical (unpaired) electrons. The molecule has 7 amide bonds. The zero-order valence-electron chi connectivity index (χ0n) is 35.9. The summed E-state index contributed by atoms with van der Waals surface area (Å²) in [6.45, 7) is 12.2. The molecule has 9 atom stereocenters. The minimum atomic E-state index is -1.84. The van der Waals surface area contributed by atoms with Gasteiger partial charge in [-0.2, -0.15) is 11.8 Å². The standard InChI is InChI=1S/C43H63N7O8S2/c1-9-25(3)32(48-40(56)34(45-27(5)51)29-19-15-12-16-20-29)39(55)47-31(23-28-17-13-11-14-18-28)35(52)42(58)50-24-60-43(6,7)36(50)41(57)49-33(26(4)10-2)38(54)46-30(37(44)53)21-22-59-8/h11-20,25-26,30-36,52H,9-10,21-24H2,1-8H3,(H2,44,53)(H,45,51)(H,46,54)(H,47,55)(H,48,56)(H,49,57)/t25-,26-,30-,31-,32-,33-,34-,35-,36-/m0/s1. The summed E-state index contributed by atoms with van der Waals surface area (Å²) in [4.78, 5) is 96.0. The molecule has 0 aliphatic carbocycles. The van der Waals surface area contributed by atoms with Crippen molar-refractivity contribution in [2.45, 2.75) is 121 Å². The van der Waals surface area contributed by atoms with Crippen LogP contribution in [0.4, 0.5) is 0 Å². The number of carbonyl (C=O) groups excluding carboxylic acids is 7. The number of nitrogens with two attached hydrogens (primary N) is 1. The average Bonchev–Trinajstić information content (AvgIpc) is 3.55. The van der Waals surface area contributed by atoms with Crippen LogP contribution in [0.15, 0.2) is 60.7 Å². The molecule has 3 rings (SSSR count). The number of benzene rings is 2. The number of aliphatic hydroxyl groups excluding tert-OH is 1. The Balaban J connectivity index is 1.93. The normalized spacial score (nSPS) is 18.6. The molecule has 60 heavy (non-hydrogen) atoms. The van der Waals surface area contributed by atoms with Gasteiger partial charge in [0.15, 0.2) is 6.10 Å². The number of hydrogen-bond acceptors (Lipinski definition) is 10. The minimum absolute atomic E-state index is 0.0221. The van der Waals surface area contributed by atoms with Crippen LogP contribution in [0, 0.1) is 11.8 Å². The van der Waals surface area contributed by atoms with E-state index in [1.807, 2.05) is 26.2 Å². The lowest BCUT2D eigenvalue weighted by Gasteiger charge is -2.35. The number of rotatable bonds is 22. The van der Waals surface area contributed by atoms with E-state index in [0.717, 1.165) is 0 Å². The minimum Gasteiger partial charge on any atom is -0.381 e. The average molecular weight is 870 g/mol. The Morgan fingerprint density at radius 1 is 0.833 bits per heavy atom. The number of hydrogen-bond donors (Lipinski definition) is 7. The maximum Gasteiger partial charge on any atom is 0.254 e. The summed E-state index contributed by atoms with van der Waals surface area (Å²) in [5.41, 5.74) is 6.80. The SMILES string of the molecule is CC[C@H](C)[C@H](NC(=O)[C@@H](NC(C)=O)c1ccccc1)C(=O)N[C@@H](Cc1ccccc1)[C@H](O)C(=O)N1CSC(C)(C)[C@@H]1C(=O)N[C@H](C(=O)N[C@@H](CCSC)C(N)=O)[C@@H](C)CC. The summed E-state index contributed by atoms with van der Waals surface area (Å²) in [6, 6.07) is 11.0. The van der Waals surface area contributed by atoms with Crippen LogP contribution in [0.2, 0.25) is 0 Å². The molecule has 330 valence electrons. The Morgan fingerprint density at radius 3 is 1.92 bits per heavy atom. The number of nitrogens with one attached hydrogen (secondary N) is 5. The molecular weight excluding hydrogens is 807 g/mol. The van der Waals surface area contributed by atoms with Crippen molar-refractivity contribution in [3.8, 4) is 0 Å². The van der Waals surface area contributed by atoms with Crippen molar-refractivity contribution in [2.75, 3.05) is 17.9 Å². The molecule has 1 fully saturated rings. The lowest BCUT2D eigenvalue weighted by atomic mass is 9.94. The van der Waals surface area contributed by atoms with Gasteiger partial charge in [-0.15, -0.1) is 11.8 Å². The third kappa shape index (κ3) is 13.7. The van der Waals surface area contributed by atoms with Crippen molar-refractivity contribution in [1.82, 2.24) is 31.5 Å². The van der Waals surface area contributed by atoms with Crippen LogP contribution >= 0.6 is 23.5 Å². The third-order valence-corrected chi connectivity index (χ3v) is 13.0. The molecule has 2 aromatic rings. The molecule has 0 saturated carbocycles. The van der Waals surface area contributed by atoms with Gasteiger partial charge in [0.05, 0.1) is 11.9 Å². The predicted molar refractivity (Wildman–Crippen MR) is 235 cm³/mol. The van der Waals surface area contributed by atoms with Crippen molar-refractivity contribution in [2.24, 2.45) is 17.6 Å². The summed E-state index contributed by atoms with van der Waals surface area (Å²) >= 11 is 2.82. The van der Waals surface area contributed by atoms with Crippen LogP contribution in [-0.2, 0) is 40.0 Å². The van der Waals surface area contributed by atoms with Crippen LogP contribution < -0.4 is 32.3 Å². The topological polar surface area (TPSA) is 229 Å². The summed E-state index contributed by atoms with van der Waals surface area (Å²) in [6.07, 6.45) is 1.35. The van der Waals surface area contributed by atoms with Crippen molar-refractivity contribution >= 4 is 64.9 Å². The van der Waals surface area contributed by atoms with Gasteiger partial charge in [0.1, 0.15) is 30.2 Å². The lowest BCUT2D eigenvalue weighted by Crippen LogP contribution is -2.63. The van der Waals surface area contributed by atoms with E-state index < -0.39 is 94.4 Å². The van der Waals surface area contributed by atoms with Gasteiger partial charge in [-0.1, -0.05) is 101 Å². The fraction of sp³-hybridized carbons (Fsp3) is 0.558. The van der Waals surface area contributed by atoms with Gasteiger partial charge in [0.25, 0.3) is 5.91 Å². The molecule has 0 unspecified atom stereocenters. The van der Waals surface area contributed by atoms with Gasteiger partial charge in [0, 0.05) is 11.7 Å². The number of thioether (sulfide) groups is 2. The van der Waals surface area contributed by atoms with E-state index in [1.54, 1.807) is 82.3 Å². The van der Waals surface area contributed by atoms with E-state index in [0.29, 0.717) is 36.1 Å². The molecule has 17 heteroatoms. The highest BCUT2D eigenvalue weighted by molar-refractivity contribution is 8.00. The van der Waals surface area contributed by atoms with Crippen LogP contribution in [0.5, 0.6) is 0 Å². The van der Waals surface area contributed by atoms with Crippen LogP contribution in [-0.4, -0.2) is 110 Å². The first-order valence-corrected chi connectivity index (χ1v) is 22.7. The molecule has 1 saturated heterocycles. The van der Waals surface area contributed by atoms with Gasteiger partial charge in [-0.3, -0.25) is 33.6 Å². The molecule has 1 aliphatic rings. The molecule has 1 aliphatic heterocycles. The Bertz CT molecular complexity index is 1790. The van der Waals surface area contributed by atoms with Gasteiger partial charge < -0.3 is 42.3 Å². The molecule has 8 N–H and O–H groups in total. The Labute approximate surface area is 362 Å². The Morgan fingerprint density at radius 2 is 1.38 bits per heavy atom. The first-order valence-electron chi connectivity index (χ1n) is 20.3. The van der Waals surface area contributed by atoms with E-state index in [4.69, 9.17) is 5.73 Å². The monoisotopic (exact) mass is 869 g/mol. The van der Waals surface area contributed by atoms with E-state index in [-0.39, 0.29) is 18.2 Å². The number of primary amides is 1. The quantitative estimate of drug-likeness (QED) is 0.0915. The van der Waals surface area contributed by atoms with Crippen LogP contribution in [0.3, 0.4) is 0 Å². The molecule has 0 aromatic heterocycles. The maximum absolute atomic E-state index is 14.5. The molecular formula is C43H63N7O8S2. The molecule has 2 aromatic carbocycles. The fourth-order valence-electron chi connectivity index (χ4n) is 6.94. The number of amides is 7. The largest absolute Gasteiger partial charge is 0.381 e. The van der Waals surface area contributed by atoms with E-state index in [2.05, 4.69) is 26.6 Å². The Kier molecular flexibility index (Phi) is 19.4. The van der Waals surface area contributed by atoms with Gasteiger partial charge >= 0.3 is 0 Å². The number of carbonyl (C=O) groups is 7.